The van der Waals surface area contributed by atoms with E-state index in [9.17, 15) is 0 Å². The van der Waals surface area contributed by atoms with E-state index in [4.69, 9.17) is 0 Å². The molecule has 0 saturated heterocycles. The van der Waals surface area contributed by atoms with Gasteiger partial charge in [-0.15, -0.1) is 6.58 Å². The molecule has 72 valence electrons. The molecule has 0 bridgehead atoms. The van der Waals surface area contributed by atoms with Crippen LogP contribution in [0.4, 0.5) is 0 Å². The Balaban J connectivity index is 3.60. The maximum atomic E-state index is 3.91. The fraction of sp³-hybridized carbons (Fsp3) is 0.818. The summed E-state index contributed by atoms with van der Waals surface area (Å²) in [5.41, 5.74) is 1.29. The fourth-order valence-corrected chi connectivity index (χ4v) is 1.37. The van der Waals surface area contributed by atoms with Crippen molar-refractivity contribution in [3.8, 4) is 0 Å². The molecule has 0 aliphatic heterocycles. The summed E-state index contributed by atoms with van der Waals surface area (Å²) in [5, 5.41) is 3.35. The molecule has 0 aromatic carbocycles. The van der Waals surface area contributed by atoms with E-state index >= 15 is 0 Å². The summed E-state index contributed by atoms with van der Waals surface area (Å²) in [6.45, 7) is 10.5. The van der Waals surface area contributed by atoms with Crippen molar-refractivity contribution >= 4 is 0 Å². The lowest BCUT2D eigenvalue weighted by Gasteiger charge is -2.17. The van der Waals surface area contributed by atoms with Crippen LogP contribution >= 0.6 is 0 Å². The summed E-state index contributed by atoms with van der Waals surface area (Å²) < 4.78 is 0. The zero-order valence-electron chi connectivity index (χ0n) is 8.98. The Bertz CT molecular complexity index is 127. The Labute approximate surface area is 77.2 Å². The molecule has 12 heavy (non-hydrogen) atoms. The average Bonchev–Trinajstić information content (AvgIpc) is 1.97. The Morgan fingerprint density at radius 1 is 1.42 bits per heavy atom. The van der Waals surface area contributed by atoms with Crippen molar-refractivity contribution in [2.24, 2.45) is 5.92 Å². The van der Waals surface area contributed by atoms with Gasteiger partial charge < -0.3 is 5.32 Å². The molecule has 0 aromatic heterocycles. The van der Waals surface area contributed by atoms with Gasteiger partial charge in [0.15, 0.2) is 0 Å². The molecule has 0 aromatic rings. The molecule has 0 spiro atoms. The zero-order valence-corrected chi connectivity index (χ0v) is 8.98. The van der Waals surface area contributed by atoms with Gasteiger partial charge in [0.2, 0.25) is 0 Å². The highest BCUT2D eigenvalue weighted by atomic mass is 14.9. The minimum atomic E-state index is 0.668. The molecule has 1 nitrogen and oxygen atoms in total. The van der Waals surface area contributed by atoms with Crippen molar-refractivity contribution in [1.29, 1.82) is 0 Å². The summed E-state index contributed by atoms with van der Waals surface area (Å²) in [7, 11) is 2.05. The second kappa shape index (κ2) is 6.24. The van der Waals surface area contributed by atoms with Crippen LogP contribution in [0.2, 0.25) is 0 Å². The smallest absolute Gasteiger partial charge is 0.00695 e. The van der Waals surface area contributed by atoms with Crippen LogP contribution in [0, 0.1) is 5.92 Å². The van der Waals surface area contributed by atoms with Gasteiger partial charge in [0.05, 0.1) is 0 Å². The van der Waals surface area contributed by atoms with E-state index in [0.717, 1.165) is 12.3 Å². The van der Waals surface area contributed by atoms with Gasteiger partial charge in [0.25, 0.3) is 0 Å². The third-order valence-corrected chi connectivity index (χ3v) is 2.08. The molecule has 1 unspecified atom stereocenters. The van der Waals surface area contributed by atoms with Gasteiger partial charge in [-0.05, 0) is 39.2 Å². The lowest BCUT2D eigenvalue weighted by Crippen LogP contribution is -2.26. The van der Waals surface area contributed by atoms with E-state index in [1.165, 1.54) is 18.4 Å². The van der Waals surface area contributed by atoms with Gasteiger partial charge in [0, 0.05) is 6.04 Å². The minimum absolute atomic E-state index is 0.668. The SMILES string of the molecule is C=C(C)CCC(CC(C)C)NC. The molecule has 1 atom stereocenters. The molecule has 0 saturated carbocycles. The first kappa shape index (κ1) is 11.7. The zero-order chi connectivity index (χ0) is 9.56. The van der Waals surface area contributed by atoms with Crippen LogP contribution in [0.1, 0.15) is 40.0 Å². The number of rotatable bonds is 6. The molecule has 0 radical (unpaired) electrons. The first-order valence-electron chi connectivity index (χ1n) is 4.88. The molecule has 0 aliphatic carbocycles. The molecule has 0 rings (SSSR count). The maximum Gasteiger partial charge on any atom is 0.00695 e. The van der Waals surface area contributed by atoms with Crippen molar-refractivity contribution in [3.63, 3.8) is 0 Å². The minimum Gasteiger partial charge on any atom is -0.317 e. The predicted octanol–water partition coefficient (Wildman–Crippen LogP) is 2.98. The van der Waals surface area contributed by atoms with Crippen molar-refractivity contribution in [1.82, 2.24) is 5.32 Å². The Kier molecular flexibility index (Phi) is 6.09. The summed E-state index contributed by atoms with van der Waals surface area (Å²) in [4.78, 5) is 0. The van der Waals surface area contributed by atoms with E-state index in [1.54, 1.807) is 0 Å². The Morgan fingerprint density at radius 2 is 2.00 bits per heavy atom. The summed E-state index contributed by atoms with van der Waals surface area (Å²) in [5.74, 6) is 0.785. The quantitative estimate of drug-likeness (QED) is 0.603. The highest BCUT2D eigenvalue weighted by molar-refractivity contribution is 4.89. The normalized spacial score (nSPS) is 13.4. The van der Waals surface area contributed by atoms with E-state index < -0.39 is 0 Å². The maximum absolute atomic E-state index is 3.91. The molecule has 1 N–H and O–H groups in total. The third kappa shape index (κ3) is 6.41. The second-order valence-corrected chi connectivity index (χ2v) is 4.11. The molecule has 1 heteroatoms. The van der Waals surface area contributed by atoms with Crippen molar-refractivity contribution in [2.45, 2.75) is 46.1 Å². The number of allylic oxidation sites excluding steroid dienone is 1. The summed E-state index contributed by atoms with van der Waals surface area (Å²) in [6.07, 6.45) is 3.64. The van der Waals surface area contributed by atoms with Gasteiger partial charge in [-0.25, -0.2) is 0 Å². The van der Waals surface area contributed by atoms with Crippen LogP contribution in [0.15, 0.2) is 12.2 Å². The molecule has 0 amide bonds. The molecule has 0 heterocycles. The van der Waals surface area contributed by atoms with Crippen LogP contribution in [-0.4, -0.2) is 13.1 Å². The monoisotopic (exact) mass is 169 g/mol. The fourth-order valence-electron chi connectivity index (χ4n) is 1.37. The highest BCUT2D eigenvalue weighted by Gasteiger charge is 2.07. The topological polar surface area (TPSA) is 12.0 Å². The van der Waals surface area contributed by atoms with Gasteiger partial charge in [-0.3, -0.25) is 0 Å². The van der Waals surface area contributed by atoms with Gasteiger partial charge in [-0.1, -0.05) is 19.4 Å². The third-order valence-electron chi connectivity index (χ3n) is 2.08. The van der Waals surface area contributed by atoms with Crippen LogP contribution in [0.5, 0.6) is 0 Å². The van der Waals surface area contributed by atoms with E-state index in [0.29, 0.717) is 6.04 Å². The Morgan fingerprint density at radius 3 is 2.33 bits per heavy atom. The number of nitrogens with one attached hydrogen (secondary N) is 1. The first-order valence-corrected chi connectivity index (χ1v) is 4.88. The molecular weight excluding hydrogens is 146 g/mol. The molecular formula is C11H23N. The van der Waals surface area contributed by atoms with Gasteiger partial charge in [-0.2, -0.15) is 0 Å². The lowest BCUT2D eigenvalue weighted by molar-refractivity contribution is 0.421. The lowest BCUT2D eigenvalue weighted by atomic mass is 9.98. The summed E-state index contributed by atoms with van der Waals surface area (Å²) in [6, 6.07) is 0.668. The van der Waals surface area contributed by atoms with Crippen LogP contribution in [0.3, 0.4) is 0 Å². The predicted molar refractivity (Wildman–Crippen MR) is 56.4 cm³/mol. The van der Waals surface area contributed by atoms with Gasteiger partial charge >= 0.3 is 0 Å². The van der Waals surface area contributed by atoms with Crippen molar-refractivity contribution in [3.05, 3.63) is 12.2 Å². The standard InChI is InChI=1S/C11H23N/c1-9(2)6-7-11(12-5)8-10(3)4/h10-12H,1,6-8H2,2-5H3. The van der Waals surface area contributed by atoms with E-state index in [1.807, 2.05) is 7.05 Å². The van der Waals surface area contributed by atoms with Crippen LogP contribution < -0.4 is 5.32 Å². The van der Waals surface area contributed by atoms with Gasteiger partial charge in [0.1, 0.15) is 0 Å². The van der Waals surface area contributed by atoms with E-state index in [-0.39, 0.29) is 0 Å². The largest absolute Gasteiger partial charge is 0.317 e. The van der Waals surface area contributed by atoms with Crippen molar-refractivity contribution < 1.29 is 0 Å². The highest BCUT2D eigenvalue weighted by Crippen LogP contribution is 2.11. The van der Waals surface area contributed by atoms with Crippen molar-refractivity contribution in [2.75, 3.05) is 7.05 Å². The first-order chi connectivity index (χ1) is 5.56. The Hall–Kier alpha value is -0.300. The second-order valence-electron chi connectivity index (χ2n) is 4.11. The molecule has 0 fully saturated rings. The average molecular weight is 169 g/mol. The number of hydrogen-bond donors (Lipinski definition) is 1. The number of hydrogen-bond acceptors (Lipinski definition) is 1. The van der Waals surface area contributed by atoms with E-state index in [2.05, 4.69) is 32.7 Å². The van der Waals surface area contributed by atoms with Crippen LogP contribution in [-0.2, 0) is 0 Å². The molecule has 0 aliphatic rings. The van der Waals surface area contributed by atoms with Crippen LogP contribution in [0.25, 0.3) is 0 Å². The summed E-state index contributed by atoms with van der Waals surface area (Å²) >= 11 is 0.